The van der Waals surface area contributed by atoms with Gasteiger partial charge in [-0.25, -0.2) is 18.2 Å². The van der Waals surface area contributed by atoms with Gasteiger partial charge in [-0.2, -0.15) is 10.5 Å². The molecular formula is C30H22ClF3N6O4. The van der Waals surface area contributed by atoms with E-state index in [2.05, 4.69) is 10.3 Å². The first-order valence-corrected chi connectivity index (χ1v) is 13.6. The lowest BCUT2D eigenvalue weighted by atomic mass is 9.87. The smallest absolute Gasteiger partial charge is 0.257 e. The number of rotatable bonds is 7. The van der Waals surface area contributed by atoms with Gasteiger partial charge in [0.05, 0.1) is 23.3 Å². The highest BCUT2D eigenvalue weighted by Gasteiger charge is 2.50. The van der Waals surface area contributed by atoms with Gasteiger partial charge in [-0.05, 0) is 36.4 Å². The first-order valence-electron chi connectivity index (χ1n) is 13.3. The first-order chi connectivity index (χ1) is 20.9. The zero-order valence-corrected chi connectivity index (χ0v) is 23.4. The molecule has 3 amide bonds. The Morgan fingerprint density at radius 1 is 1.11 bits per heavy atom. The Balaban J connectivity index is 1.67. The van der Waals surface area contributed by atoms with Crippen molar-refractivity contribution in [3.8, 4) is 12.1 Å². The number of alkyl halides is 2. The number of carbonyl (C=O) groups is 3. The number of pyridine rings is 1. The molecule has 0 bridgehead atoms. The van der Waals surface area contributed by atoms with E-state index in [4.69, 9.17) is 11.6 Å². The molecule has 0 radical (unpaired) electrons. The molecule has 1 saturated carbocycles. The number of anilines is 2. The lowest BCUT2D eigenvalue weighted by Crippen LogP contribution is -2.56. The van der Waals surface area contributed by atoms with Crippen LogP contribution in [0.5, 0.6) is 0 Å². The Hall–Kier alpha value is -4.98. The molecule has 5 rings (SSSR count). The van der Waals surface area contributed by atoms with E-state index in [9.17, 15) is 43.2 Å². The van der Waals surface area contributed by atoms with Crippen LogP contribution in [0.3, 0.4) is 0 Å². The zero-order chi connectivity index (χ0) is 31.8. The maximum atomic E-state index is 14.8. The molecule has 2 aromatic carbocycles. The summed E-state index contributed by atoms with van der Waals surface area (Å²) >= 11 is 6.47. The minimum Gasteiger partial charge on any atom is -0.383 e. The molecular weight excluding hydrogens is 601 g/mol. The molecule has 0 spiro atoms. The summed E-state index contributed by atoms with van der Waals surface area (Å²) in [6, 6.07) is 10.9. The SMILES string of the molecule is N#Cc1cc(F)cc(N(C(=O)[C@@H]2C[C@@H](O)C(=O)N2c2cc(C#N)ccn2)[C@@H](C(=O)NC2CC(F)(F)C2)c2ccccc2Cl)c1. The van der Waals surface area contributed by atoms with E-state index in [0.29, 0.717) is 0 Å². The normalized spacial score (nSPS) is 19.8. The van der Waals surface area contributed by atoms with Crippen LogP contribution >= 0.6 is 11.6 Å². The molecule has 10 nitrogen and oxygen atoms in total. The van der Waals surface area contributed by atoms with Gasteiger partial charge in [0.2, 0.25) is 5.91 Å². The Bertz CT molecular complexity index is 1730. The molecule has 3 aromatic rings. The highest BCUT2D eigenvalue weighted by Crippen LogP contribution is 2.40. The number of hydrogen-bond acceptors (Lipinski definition) is 7. The summed E-state index contributed by atoms with van der Waals surface area (Å²) in [5, 5.41) is 31.9. The molecule has 2 fully saturated rings. The second kappa shape index (κ2) is 12.0. The largest absolute Gasteiger partial charge is 0.383 e. The number of nitrogens with zero attached hydrogens (tertiary/aromatic N) is 5. The topological polar surface area (TPSA) is 150 Å². The molecule has 224 valence electrons. The summed E-state index contributed by atoms with van der Waals surface area (Å²) in [5.41, 5.74) is -0.354. The third-order valence-electron chi connectivity index (χ3n) is 7.36. The van der Waals surface area contributed by atoms with Crippen molar-refractivity contribution < 1.29 is 32.7 Å². The van der Waals surface area contributed by atoms with E-state index in [1.165, 1.54) is 36.5 Å². The number of aromatic nitrogens is 1. The number of halogens is 4. The van der Waals surface area contributed by atoms with E-state index in [0.717, 1.165) is 28.0 Å². The van der Waals surface area contributed by atoms with Crippen molar-refractivity contribution in [3.63, 3.8) is 0 Å². The third kappa shape index (κ3) is 5.93. The molecule has 2 N–H and O–H groups in total. The lowest BCUT2D eigenvalue weighted by molar-refractivity contribution is -0.133. The number of hydrogen-bond donors (Lipinski definition) is 2. The molecule has 0 unspecified atom stereocenters. The number of nitriles is 2. The second-order valence-electron chi connectivity index (χ2n) is 10.4. The van der Waals surface area contributed by atoms with Crippen LogP contribution < -0.4 is 15.1 Å². The lowest BCUT2D eigenvalue weighted by Gasteiger charge is -2.39. The standard InChI is InChI=1S/C30H22ClF3N6O4/c31-22-4-2-1-3-21(22)26(27(42)38-19-12-30(33,34)13-19)39(20-8-17(15-36)7-18(32)10-20)28(43)23-11-24(41)29(44)40(23)25-9-16(14-35)5-6-37-25/h1-10,19,23-24,26,41H,11-13H2,(H,38,42)/t23-,24+,26+/m0/s1. The number of carbonyl (C=O) groups excluding carboxylic acids is 3. The number of amides is 3. The average molecular weight is 623 g/mol. The fourth-order valence-corrected chi connectivity index (χ4v) is 5.55. The summed E-state index contributed by atoms with van der Waals surface area (Å²) in [7, 11) is 0. The fourth-order valence-electron chi connectivity index (χ4n) is 5.32. The van der Waals surface area contributed by atoms with E-state index in [1.807, 2.05) is 6.07 Å². The molecule has 1 aliphatic heterocycles. The van der Waals surface area contributed by atoms with Crippen LogP contribution in [0.4, 0.5) is 24.7 Å². The van der Waals surface area contributed by atoms with Crippen LogP contribution in [-0.2, 0) is 14.4 Å². The van der Waals surface area contributed by atoms with E-state index in [-0.39, 0.29) is 33.2 Å². The first kappa shape index (κ1) is 30.5. The molecule has 1 aromatic heterocycles. The van der Waals surface area contributed by atoms with Crippen molar-refractivity contribution >= 4 is 40.8 Å². The van der Waals surface area contributed by atoms with Gasteiger partial charge in [0.25, 0.3) is 17.7 Å². The van der Waals surface area contributed by atoms with Crippen molar-refractivity contribution in [1.29, 1.82) is 10.5 Å². The van der Waals surface area contributed by atoms with Gasteiger partial charge in [0.15, 0.2) is 0 Å². The Kier molecular flexibility index (Phi) is 8.28. The van der Waals surface area contributed by atoms with E-state index < -0.39 is 73.0 Å². The molecule has 44 heavy (non-hydrogen) atoms. The van der Waals surface area contributed by atoms with Crippen LogP contribution in [0, 0.1) is 28.5 Å². The Labute approximate surface area is 253 Å². The second-order valence-corrected chi connectivity index (χ2v) is 10.8. The highest BCUT2D eigenvalue weighted by atomic mass is 35.5. The fraction of sp³-hybridized carbons (Fsp3) is 0.267. The predicted molar refractivity (Wildman–Crippen MR) is 150 cm³/mol. The summed E-state index contributed by atoms with van der Waals surface area (Å²) in [6.07, 6.45) is -2.20. The zero-order valence-electron chi connectivity index (χ0n) is 22.6. The van der Waals surface area contributed by atoms with Crippen LogP contribution in [0.2, 0.25) is 5.02 Å². The minimum absolute atomic E-state index is 0.00377. The molecule has 2 heterocycles. The van der Waals surface area contributed by atoms with Crippen LogP contribution in [0.15, 0.2) is 60.8 Å². The number of aliphatic hydroxyl groups excluding tert-OH is 1. The maximum absolute atomic E-state index is 14.8. The summed E-state index contributed by atoms with van der Waals surface area (Å²) in [6.45, 7) is 0. The van der Waals surface area contributed by atoms with E-state index >= 15 is 0 Å². The van der Waals surface area contributed by atoms with Gasteiger partial charge in [-0.15, -0.1) is 0 Å². The molecule has 1 aliphatic carbocycles. The van der Waals surface area contributed by atoms with Crippen LogP contribution in [0.1, 0.15) is 42.0 Å². The van der Waals surface area contributed by atoms with Crippen molar-refractivity contribution in [2.24, 2.45) is 0 Å². The van der Waals surface area contributed by atoms with Gasteiger partial charge in [-0.1, -0.05) is 29.8 Å². The van der Waals surface area contributed by atoms with Crippen LogP contribution in [0.25, 0.3) is 0 Å². The van der Waals surface area contributed by atoms with Gasteiger partial charge in [0, 0.05) is 47.8 Å². The van der Waals surface area contributed by atoms with Gasteiger partial charge in [-0.3, -0.25) is 24.2 Å². The monoisotopic (exact) mass is 622 g/mol. The van der Waals surface area contributed by atoms with Crippen molar-refractivity contribution in [2.75, 3.05) is 9.80 Å². The average Bonchev–Trinajstić information content (AvgIpc) is 3.28. The Morgan fingerprint density at radius 3 is 2.48 bits per heavy atom. The van der Waals surface area contributed by atoms with Crippen LogP contribution in [-0.4, -0.2) is 51.9 Å². The van der Waals surface area contributed by atoms with Crippen molar-refractivity contribution in [3.05, 3.63) is 88.3 Å². The third-order valence-corrected chi connectivity index (χ3v) is 7.70. The molecule has 1 saturated heterocycles. The van der Waals surface area contributed by atoms with Gasteiger partial charge >= 0.3 is 0 Å². The maximum Gasteiger partial charge on any atom is 0.257 e. The van der Waals surface area contributed by atoms with Gasteiger partial charge < -0.3 is 10.4 Å². The van der Waals surface area contributed by atoms with Gasteiger partial charge in [0.1, 0.15) is 29.8 Å². The van der Waals surface area contributed by atoms with Crippen molar-refractivity contribution in [1.82, 2.24) is 10.3 Å². The summed E-state index contributed by atoms with van der Waals surface area (Å²) in [4.78, 5) is 47.4. The molecule has 2 aliphatic rings. The quantitative estimate of drug-likeness (QED) is 0.407. The summed E-state index contributed by atoms with van der Waals surface area (Å²) in [5.74, 6) is -6.92. The van der Waals surface area contributed by atoms with E-state index in [1.54, 1.807) is 12.1 Å². The Morgan fingerprint density at radius 2 is 1.82 bits per heavy atom. The highest BCUT2D eigenvalue weighted by molar-refractivity contribution is 6.31. The van der Waals surface area contributed by atoms with Crippen molar-refractivity contribution in [2.45, 2.75) is 49.4 Å². The number of aliphatic hydroxyl groups is 1. The minimum atomic E-state index is -2.98. The number of nitrogens with one attached hydrogen (secondary N) is 1. The number of benzene rings is 2. The molecule has 14 heteroatoms. The summed E-state index contributed by atoms with van der Waals surface area (Å²) < 4.78 is 42.1. The molecule has 3 atom stereocenters. The predicted octanol–water partition coefficient (Wildman–Crippen LogP) is 3.77.